The molecule has 0 heterocycles. The van der Waals surface area contributed by atoms with Crippen molar-refractivity contribution in [3.63, 3.8) is 0 Å². The highest BCUT2D eigenvalue weighted by Gasteiger charge is 2.19. The van der Waals surface area contributed by atoms with Crippen LogP contribution in [-0.2, 0) is 11.3 Å². The van der Waals surface area contributed by atoms with Gasteiger partial charge in [0.1, 0.15) is 6.10 Å². The highest BCUT2D eigenvalue weighted by Crippen LogP contribution is 2.19. The molecule has 0 radical (unpaired) electrons. The van der Waals surface area contributed by atoms with E-state index < -0.39 is 18.1 Å². The first-order valence-corrected chi connectivity index (χ1v) is 5.42. The predicted molar refractivity (Wildman–Crippen MR) is 64.0 cm³/mol. The monoisotopic (exact) mass is 238 g/mol. The number of hydrogen-bond acceptors (Lipinski definition) is 4. The Kier molecular flexibility index (Phi) is 5.09. The van der Waals surface area contributed by atoms with Crippen LogP contribution in [0.3, 0.4) is 0 Å². The van der Waals surface area contributed by atoms with Gasteiger partial charge in [-0.3, -0.25) is 4.79 Å². The number of primary amides is 1. The third kappa shape index (κ3) is 4.14. The van der Waals surface area contributed by atoms with Crippen molar-refractivity contribution in [3.8, 4) is 0 Å². The van der Waals surface area contributed by atoms with Gasteiger partial charge >= 0.3 is 0 Å². The standard InChI is InChI=1S/C12H18N2O3/c1-14-7-8-2-4-9(5-3-8)12(17)10(15)6-11(13)16/h2-5,10,12,14-15,17H,6-7H2,1H3,(H2,13,16). The maximum Gasteiger partial charge on any atom is 0.220 e. The molecule has 1 aromatic rings. The molecule has 5 N–H and O–H groups in total. The van der Waals surface area contributed by atoms with Crippen LogP contribution >= 0.6 is 0 Å². The minimum Gasteiger partial charge on any atom is -0.390 e. The number of nitrogens with one attached hydrogen (secondary N) is 1. The number of rotatable bonds is 6. The van der Waals surface area contributed by atoms with Crippen molar-refractivity contribution in [1.29, 1.82) is 0 Å². The van der Waals surface area contributed by atoms with Crippen molar-refractivity contribution in [3.05, 3.63) is 35.4 Å². The van der Waals surface area contributed by atoms with E-state index in [0.717, 1.165) is 12.1 Å². The summed E-state index contributed by atoms with van der Waals surface area (Å²) in [5, 5.41) is 22.3. The van der Waals surface area contributed by atoms with Gasteiger partial charge in [0.25, 0.3) is 0 Å². The first-order chi connectivity index (χ1) is 8.04. The summed E-state index contributed by atoms with van der Waals surface area (Å²) in [6, 6.07) is 7.15. The molecule has 5 nitrogen and oxygen atoms in total. The van der Waals surface area contributed by atoms with Crippen molar-refractivity contribution < 1.29 is 15.0 Å². The number of amides is 1. The van der Waals surface area contributed by atoms with Crippen molar-refractivity contribution in [1.82, 2.24) is 5.32 Å². The van der Waals surface area contributed by atoms with E-state index in [9.17, 15) is 15.0 Å². The number of hydrogen-bond donors (Lipinski definition) is 4. The Morgan fingerprint density at radius 3 is 2.41 bits per heavy atom. The van der Waals surface area contributed by atoms with Gasteiger partial charge < -0.3 is 21.3 Å². The molecule has 0 aliphatic heterocycles. The molecule has 17 heavy (non-hydrogen) atoms. The molecule has 1 rings (SSSR count). The molecule has 0 aromatic heterocycles. The lowest BCUT2D eigenvalue weighted by Crippen LogP contribution is -2.25. The lowest BCUT2D eigenvalue weighted by atomic mass is 10.0. The molecule has 0 aliphatic carbocycles. The summed E-state index contributed by atoms with van der Waals surface area (Å²) in [5.74, 6) is -0.636. The Morgan fingerprint density at radius 2 is 1.94 bits per heavy atom. The SMILES string of the molecule is CNCc1ccc(C(O)C(O)CC(N)=O)cc1. The summed E-state index contributed by atoms with van der Waals surface area (Å²) in [6.07, 6.45) is -2.51. The van der Waals surface area contributed by atoms with Crippen molar-refractivity contribution in [2.45, 2.75) is 25.2 Å². The van der Waals surface area contributed by atoms with E-state index in [1.807, 2.05) is 19.2 Å². The van der Waals surface area contributed by atoms with E-state index in [2.05, 4.69) is 5.32 Å². The molecule has 1 aromatic carbocycles. The second-order valence-electron chi connectivity index (χ2n) is 3.95. The van der Waals surface area contributed by atoms with Gasteiger partial charge in [0.15, 0.2) is 0 Å². The van der Waals surface area contributed by atoms with Crippen LogP contribution in [0.15, 0.2) is 24.3 Å². The van der Waals surface area contributed by atoms with E-state index in [1.54, 1.807) is 12.1 Å². The molecule has 2 unspecified atom stereocenters. The number of aliphatic hydroxyl groups is 2. The molecule has 0 aliphatic rings. The third-order valence-electron chi connectivity index (χ3n) is 2.48. The molecule has 0 saturated heterocycles. The first-order valence-electron chi connectivity index (χ1n) is 5.42. The molecule has 1 amide bonds. The lowest BCUT2D eigenvalue weighted by molar-refractivity contribution is -0.121. The minimum atomic E-state index is -1.16. The van der Waals surface area contributed by atoms with Crippen LogP contribution in [0.1, 0.15) is 23.7 Å². The quantitative estimate of drug-likeness (QED) is 0.546. The second kappa shape index (κ2) is 6.34. The zero-order valence-electron chi connectivity index (χ0n) is 9.76. The van der Waals surface area contributed by atoms with Gasteiger partial charge in [-0.15, -0.1) is 0 Å². The molecular weight excluding hydrogens is 220 g/mol. The number of aliphatic hydroxyl groups excluding tert-OH is 2. The summed E-state index contributed by atoms with van der Waals surface area (Å²) in [6.45, 7) is 0.736. The van der Waals surface area contributed by atoms with E-state index in [1.165, 1.54) is 0 Å². The third-order valence-corrected chi connectivity index (χ3v) is 2.48. The van der Waals surface area contributed by atoms with Crippen molar-refractivity contribution in [2.75, 3.05) is 7.05 Å². The predicted octanol–water partition coefficient (Wildman–Crippen LogP) is -0.324. The normalized spacial score (nSPS) is 14.3. The fraction of sp³-hybridized carbons (Fsp3) is 0.417. The van der Waals surface area contributed by atoms with Crippen LogP contribution < -0.4 is 11.1 Å². The second-order valence-corrected chi connectivity index (χ2v) is 3.95. The van der Waals surface area contributed by atoms with E-state index in [0.29, 0.717) is 5.56 Å². The Balaban J connectivity index is 2.68. The Morgan fingerprint density at radius 1 is 1.35 bits per heavy atom. The molecule has 0 saturated carbocycles. The molecule has 0 bridgehead atoms. The summed E-state index contributed by atoms with van der Waals surface area (Å²) in [4.78, 5) is 10.6. The zero-order valence-corrected chi connectivity index (χ0v) is 9.76. The van der Waals surface area contributed by atoms with Crippen LogP contribution in [0.5, 0.6) is 0 Å². The van der Waals surface area contributed by atoms with Gasteiger partial charge in [0.2, 0.25) is 5.91 Å². The van der Waals surface area contributed by atoms with Crippen LogP contribution in [0, 0.1) is 0 Å². The number of carbonyl (C=O) groups excluding carboxylic acids is 1. The maximum atomic E-state index is 10.6. The smallest absolute Gasteiger partial charge is 0.220 e. The molecule has 2 atom stereocenters. The zero-order chi connectivity index (χ0) is 12.8. The summed E-state index contributed by atoms with van der Waals surface area (Å²) in [5.41, 5.74) is 6.60. The van der Waals surface area contributed by atoms with Gasteiger partial charge in [-0.25, -0.2) is 0 Å². The van der Waals surface area contributed by atoms with E-state index in [-0.39, 0.29) is 6.42 Å². The number of carbonyl (C=O) groups is 1. The molecule has 5 heteroatoms. The molecule has 94 valence electrons. The average molecular weight is 238 g/mol. The number of benzene rings is 1. The minimum absolute atomic E-state index is 0.251. The summed E-state index contributed by atoms with van der Waals surface area (Å²) in [7, 11) is 1.85. The Labute approximate surface area is 100 Å². The van der Waals surface area contributed by atoms with Crippen molar-refractivity contribution >= 4 is 5.91 Å². The van der Waals surface area contributed by atoms with Crippen LogP contribution in [-0.4, -0.2) is 29.3 Å². The first kappa shape index (κ1) is 13.6. The van der Waals surface area contributed by atoms with Crippen LogP contribution in [0.25, 0.3) is 0 Å². The molecule has 0 fully saturated rings. The van der Waals surface area contributed by atoms with E-state index in [4.69, 9.17) is 5.73 Å². The Bertz CT molecular complexity index is 365. The van der Waals surface area contributed by atoms with Gasteiger partial charge in [-0.1, -0.05) is 24.3 Å². The number of nitrogens with two attached hydrogens (primary N) is 1. The van der Waals surface area contributed by atoms with Gasteiger partial charge in [-0.2, -0.15) is 0 Å². The van der Waals surface area contributed by atoms with Gasteiger partial charge in [0, 0.05) is 6.54 Å². The highest BCUT2D eigenvalue weighted by atomic mass is 16.3. The largest absolute Gasteiger partial charge is 0.390 e. The summed E-state index contributed by atoms with van der Waals surface area (Å²) >= 11 is 0. The Hall–Kier alpha value is -1.43. The highest BCUT2D eigenvalue weighted by molar-refractivity contribution is 5.74. The molecule has 0 spiro atoms. The topological polar surface area (TPSA) is 95.6 Å². The summed E-state index contributed by atoms with van der Waals surface area (Å²) < 4.78 is 0. The van der Waals surface area contributed by atoms with Crippen LogP contribution in [0.4, 0.5) is 0 Å². The van der Waals surface area contributed by atoms with Gasteiger partial charge in [0.05, 0.1) is 12.5 Å². The van der Waals surface area contributed by atoms with Crippen LogP contribution in [0.2, 0.25) is 0 Å². The van der Waals surface area contributed by atoms with Gasteiger partial charge in [-0.05, 0) is 18.2 Å². The fourth-order valence-electron chi connectivity index (χ4n) is 1.58. The maximum absolute atomic E-state index is 10.6. The fourth-order valence-corrected chi connectivity index (χ4v) is 1.58. The van der Waals surface area contributed by atoms with Crippen molar-refractivity contribution in [2.24, 2.45) is 5.73 Å². The molecular formula is C12H18N2O3. The van der Waals surface area contributed by atoms with E-state index >= 15 is 0 Å². The lowest BCUT2D eigenvalue weighted by Gasteiger charge is -2.17. The average Bonchev–Trinajstić information content (AvgIpc) is 2.28.